The second-order valence-corrected chi connectivity index (χ2v) is 5.19. The van der Waals surface area contributed by atoms with Crippen LogP contribution in [0.15, 0.2) is 17.0 Å². The highest BCUT2D eigenvalue weighted by atomic mass is 32.2. The van der Waals surface area contributed by atoms with Crippen LogP contribution >= 0.6 is 11.8 Å². The third-order valence-corrected chi connectivity index (χ3v) is 4.19. The zero-order valence-corrected chi connectivity index (χ0v) is 11.3. The number of ether oxygens (including phenoxy) is 2. The largest absolute Gasteiger partial charge is 0.496 e. The highest BCUT2D eigenvalue weighted by Gasteiger charge is 2.46. The first-order valence-corrected chi connectivity index (χ1v) is 6.84. The average molecular weight is 254 g/mol. The lowest BCUT2D eigenvalue weighted by Gasteiger charge is -2.19. The molecule has 0 saturated heterocycles. The van der Waals surface area contributed by atoms with Gasteiger partial charge in [-0.05, 0) is 31.2 Å². The number of rotatable bonds is 5. The van der Waals surface area contributed by atoms with Crippen LogP contribution in [-0.2, 0) is 5.41 Å². The van der Waals surface area contributed by atoms with Crippen LogP contribution in [0.25, 0.3) is 0 Å². The number of thioether (sulfide) groups is 1. The summed E-state index contributed by atoms with van der Waals surface area (Å²) in [5.74, 6) is 1.70. The molecule has 0 spiro atoms. The van der Waals surface area contributed by atoms with E-state index in [0.717, 1.165) is 34.8 Å². The minimum atomic E-state index is -0.102. The molecule has 0 atom stereocenters. The Morgan fingerprint density at radius 1 is 1.24 bits per heavy atom. The number of methoxy groups -OCH3 is 2. The molecular formula is C13H18O3S. The molecule has 1 saturated carbocycles. The van der Waals surface area contributed by atoms with Crippen LogP contribution in [0.4, 0.5) is 0 Å². The molecule has 0 amide bonds. The van der Waals surface area contributed by atoms with Crippen molar-refractivity contribution >= 4 is 11.8 Å². The van der Waals surface area contributed by atoms with Gasteiger partial charge in [0.25, 0.3) is 0 Å². The van der Waals surface area contributed by atoms with Gasteiger partial charge in [0.15, 0.2) is 0 Å². The fourth-order valence-electron chi connectivity index (χ4n) is 2.11. The first kappa shape index (κ1) is 12.6. The zero-order valence-electron chi connectivity index (χ0n) is 10.4. The molecule has 0 unspecified atom stereocenters. The van der Waals surface area contributed by atoms with E-state index in [4.69, 9.17) is 9.47 Å². The molecule has 1 N–H and O–H groups in total. The van der Waals surface area contributed by atoms with Crippen LogP contribution in [0.5, 0.6) is 11.5 Å². The van der Waals surface area contributed by atoms with Crippen LogP contribution < -0.4 is 9.47 Å². The fraction of sp³-hybridized carbons (Fsp3) is 0.538. The van der Waals surface area contributed by atoms with E-state index in [1.54, 1.807) is 26.0 Å². The molecule has 1 aliphatic rings. The number of hydrogen-bond acceptors (Lipinski definition) is 4. The predicted octanol–water partition coefficient (Wildman–Crippen LogP) is 2.45. The van der Waals surface area contributed by atoms with Crippen LogP contribution in [0, 0.1) is 0 Å². The van der Waals surface area contributed by atoms with E-state index in [0.29, 0.717) is 0 Å². The van der Waals surface area contributed by atoms with Crippen molar-refractivity contribution < 1.29 is 14.6 Å². The molecule has 3 nitrogen and oxygen atoms in total. The van der Waals surface area contributed by atoms with E-state index in [-0.39, 0.29) is 12.0 Å². The van der Waals surface area contributed by atoms with Crippen LogP contribution in [0.3, 0.4) is 0 Å². The maximum atomic E-state index is 9.52. The quantitative estimate of drug-likeness (QED) is 0.819. The van der Waals surface area contributed by atoms with Crippen molar-refractivity contribution in [2.24, 2.45) is 0 Å². The molecule has 2 rings (SSSR count). The Bertz CT molecular complexity index is 413. The molecule has 94 valence electrons. The molecule has 1 aromatic rings. The van der Waals surface area contributed by atoms with E-state index >= 15 is 0 Å². The van der Waals surface area contributed by atoms with Crippen molar-refractivity contribution in [3.05, 3.63) is 17.7 Å². The normalized spacial score (nSPS) is 16.7. The lowest BCUT2D eigenvalue weighted by atomic mass is 9.95. The Labute approximate surface area is 106 Å². The van der Waals surface area contributed by atoms with E-state index in [1.165, 1.54) is 0 Å². The van der Waals surface area contributed by atoms with Gasteiger partial charge in [0.05, 0.1) is 25.7 Å². The third-order valence-electron chi connectivity index (χ3n) is 3.43. The van der Waals surface area contributed by atoms with Crippen LogP contribution in [0.1, 0.15) is 18.4 Å². The summed E-state index contributed by atoms with van der Waals surface area (Å²) in [6.07, 6.45) is 4.04. The van der Waals surface area contributed by atoms with Gasteiger partial charge >= 0.3 is 0 Å². The van der Waals surface area contributed by atoms with Gasteiger partial charge in [0.1, 0.15) is 11.5 Å². The molecule has 0 aliphatic heterocycles. The van der Waals surface area contributed by atoms with Crippen LogP contribution in [0.2, 0.25) is 0 Å². The first-order valence-electron chi connectivity index (χ1n) is 5.62. The molecule has 1 fully saturated rings. The Balaban J connectivity index is 2.50. The summed E-state index contributed by atoms with van der Waals surface area (Å²) in [4.78, 5) is 1.06. The molecular weight excluding hydrogens is 236 g/mol. The Hall–Kier alpha value is -0.870. The molecule has 1 aliphatic carbocycles. The highest BCUT2D eigenvalue weighted by molar-refractivity contribution is 7.98. The van der Waals surface area contributed by atoms with E-state index < -0.39 is 0 Å². The average Bonchev–Trinajstić information content (AvgIpc) is 3.18. The van der Waals surface area contributed by atoms with Gasteiger partial charge in [-0.25, -0.2) is 0 Å². The molecule has 0 aromatic heterocycles. The molecule has 1 aromatic carbocycles. The highest BCUT2D eigenvalue weighted by Crippen LogP contribution is 2.52. The number of aliphatic hydroxyl groups is 1. The Kier molecular flexibility index (Phi) is 3.54. The van der Waals surface area contributed by atoms with Crippen molar-refractivity contribution in [2.75, 3.05) is 27.1 Å². The van der Waals surface area contributed by atoms with Gasteiger partial charge < -0.3 is 14.6 Å². The standard InChI is InChI=1S/C13H18O3S/c1-15-10-7-12(17-3)11(16-2)6-9(10)13(8-14)4-5-13/h6-7,14H,4-5,8H2,1-3H3. The van der Waals surface area contributed by atoms with E-state index in [2.05, 4.69) is 0 Å². The van der Waals surface area contributed by atoms with Crippen LogP contribution in [-0.4, -0.2) is 32.2 Å². The summed E-state index contributed by atoms with van der Waals surface area (Å²) in [6, 6.07) is 4.00. The molecule has 0 radical (unpaired) electrons. The zero-order chi connectivity index (χ0) is 12.5. The fourth-order valence-corrected chi connectivity index (χ4v) is 2.68. The first-order chi connectivity index (χ1) is 8.20. The summed E-state index contributed by atoms with van der Waals surface area (Å²) in [5, 5.41) is 9.52. The van der Waals surface area contributed by atoms with Gasteiger partial charge in [-0.3, -0.25) is 0 Å². The summed E-state index contributed by atoms with van der Waals surface area (Å²) in [5.41, 5.74) is 0.965. The number of benzene rings is 1. The second-order valence-electron chi connectivity index (χ2n) is 4.35. The van der Waals surface area contributed by atoms with Crippen molar-refractivity contribution in [2.45, 2.75) is 23.2 Å². The van der Waals surface area contributed by atoms with Crippen molar-refractivity contribution in [3.63, 3.8) is 0 Å². The minimum absolute atomic E-state index is 0.102. The maximum absolute atomic E-state index is 9.52. The summed E-state index contributed by atoms with van der Waals surface area (Å²) in [6.45, 7) is 0.172. The summed E-state index contributed by atoms with van der Waals surface area (Å²) in [7, 11) is 3.34. The lowest BCUT2D eigenvalue weighted by molar-refractivity contribution is 0.251. The summed E-state index contributed by atoms with van der Waals surface area (Å²) >= 11 is 1.63. The van der Waals surface area contributed by atoms with E-state index in [1.807, 2.05) is 18.4 Å². The number of hydrogen-bond donors (Lipinski definition) is 1. The van der Waals surface area contributed by atoms with Crippen molar-refractivity contribution in [1.82, 2.24) is 0 Å². The minimum Gasteiger partial charge on any atom is -0.496 e. The van der Waals surface area contributed by atoms with Crippen molar-refractivity contribution in [3.8, 4) is 11.5 Å². The van der Waals surface area contributed by atoms with Gasteiger partial charge in [-0.15, -0.1) is 11.8 Å². The van der Waals surface area contributed by atoms with Gasteiger partial charge in [-0.2, -0.15) is 0 Å². The topological polar surface area (TPSA) is 38.7 Å². The predicted molar refractivity (Wildman–Crippen MR) is 69.3 cm³/mol. The molecule has 17 heavy (non-hydrogen) atoms. The molecule has 4 heteroatoms. The SMILES string of the molecule is COc1cc(C2(CO)CC2)c(OC)cc1SC. The Morgan fingerprint density at radius 2 is 1.88 bits per heavy atom. The third kappa shape index (κ3) is 2.11. The van der Waals surface area contributed by atoms with E-state index in [9.17, 15) is 5.11 Å². The monoisotopic (exact) mass is 254 g/mol. The summed E-state index contributed by atoms with van der Waals surface area (Å²) < 4.78 is 10.8. The van der Waals surface area contributed by atoms with Gasteiger partial charge in [0.2, 0.25) is 0 Å². The smallest absolute Gasteiger partial charge is 0.132 e. The van der Waals surface area contributed by atoms with Gasteiger partial charge in [0, 0.05) is 11.0 Å². The van der Waals surface area contributed by atoms with Gasteiger partial charge in [-0.1, -0.05) is 0 Å². The Morgan fingerprint density at radius 3 is 2.29 bits per heavy atom. The van der Waals surface area contributed by atoms with Crippen molar-refractivity contribution in [1.29, 1.82) is 0 Å². The molecule has 0 heterocycles. The number of aliphatic hydroxyl groups excluding tert-OH is 1. The molecule has 0 bridgehead atoms. The second kappa shape index (κ2) is 4.78. The lowest BCUT2D eigenvalue weighted by Crippen LogP contribution is -2.13. The maximum Gasteiger partial charge on any atom is 0.132 e.